The van der Waals surface area contributed by atoms with Gasteiger partial charge >= 0.3 is 5.97 Å². The molecule has 102 valence electrons. The molecule has 1 rings (SSSR count). The predicted molar refractivity (Wildman–Crippen MR) is 64.6 cm³/mol. The van der Waals surface area contributed by atoms with E-state index in [0.29, 0.717) is 12.3 Å². The maximum atomic E-state index is 11.7. The molecule has 0 bridgehead atoms. The third-order valence-corrected chi connectivity index (χ3v) is 3.27. The second kappa shape index (κ2) is 6.98. The summed E-state index contributed by atoms with van der Waals surface area (Å²) in [5, 5.41) is 11.1. The van der Waals surface area contributed by atoms with Crippen molar-refractivity contribution in [3.05, 3.63) is 0 Å². The van der Waals surface area contributed by atoms with Gasteiger partial charge in [0.15, 0.2) is 0 Å². The second-order valence-corrected chi connectivity index (χ2v) is 4.81. The van der Waals surface area contributed by atoms with Gasteiger partial charge in [-0.05, 0) is 25.2 Å². The van der Waals surface area contributed by atoms with E-state index < -0.39 is 17.9 Å². The zero-order valence-electron chi connectivity index (χ0n) is 10.4. The lowest BCUT2D eigenvalue weighted by Gasteiger charge is -2.16. The van der Waals surface area contributed by atoms with Gasteiger partial charge in [-0.1, -0.05) is 12.8 Å². The van der Waals surface area contributed by atoms with Crippen LogP contribution in [0.2, 0.25) is 0 Å². The molecule has 0 heterocycles. The molecule has 0 unspecified atom stereocenters. The quantitative estimate of drug-likeness (QED) is 0.612. The van der Waals surface area contributed by atoms with Crippen LogP contribution in [0, 0.1) is 5.92 Å². The van der Waals surface area contributed by atoms with Gasteiger partial charge in [-0.3, -0.25) is 14.4 Å². The molecule has 6 heteroatoms. The molecule has 1 fully saturated rings. The minimum absolute atomic E-state index is 0.0427. The average molecular weight is 256 g/mol. The number of carbonyl (C=O) groups excluding carboxylic acids is 2. The topological polar surface area (TPSA) is 109 Å². The van der Waals surface area contributed by atoms with E-state index in [1.807, 2.05) is 0 Å². The number of carboxylic acids is 1. The van der Waals surface area contributed by atoms with Gasteiger partial charge in [-0.15, -0.1) is 0 Å². The Bertz CT molecular complexity index is 324. The summed E-state index contributed by atoms with van der Waals surface area (Å²) in [7, 11) is 0. The normalized spacial score (nSPS) is 17.3. The van der Waals surface area contributed by atoms with Crippen molar-refractivity contribution >= 4 is 17.8 Å². The zero-order valence-corrected chi connectivity index (χ0v) is 10.4. The van der Waals surface area contributed by atoms with Crippen LogP contribution >= 0.6 is 0 Å². The Kier molecular flexibility index (Phi) is 5.61. The summed E-state index contributed by atoms with van der Waals surface area (Å²) in [6, 6.07) is -0.880. The molecule has 0 saturated heterocycles. The van der Waals surface area contributed by atoms with Crippen LogP contribution in [-0.2, 0) is 14.4 Å². The minimum atomic E-state index is -1.01. The zero-order chi connectivity index (χ0) is 13.5. The largest absolute Gasteiger partial charge is 0.481 e. The lowest BCUT2D eigenvalue weighted by Crippen LogP contribution is -2.45. The molecule has 0 aliphatic heterocycles. The third-order valence-electron chi connectivity index (χ3n) is 3.27. The molecule has 0 radical (unpaired) electrons. The van der Waals surface area contributed by atoms with Crippen LogP contribution in [0.5, 0.6) is 0 Å². The highest BCUT2D eigenvalue weighted by Crippen LogP contribution is 2.27. The summed E-state index contributed by atoms with van der Waals surface area (Å²) >= 11 is 0. The van der Waals surface area contributed by atoms with Gasteiger partial charge in [0.2, 0.25) is 11.8 Å². The number of hydrogen-bond acceptors (Lipinski definition) is 3. The van der Waals surface area contributed by atoms with Crippen molar-refractivity contribution < 1.29 is 19.5 Å². The maximum Gasteiger partial charge on any atom is 0.303 e. The number of hydrogen-bond donors (Lipinski definition) is 3. The van der Waals surface area contributed by atoms with Gasteiger partial charge in [0, 0.05) is 12.8 Å². The van der Waals surface area contributed by atoms with E-state index in [1.165, 1.54) is 0 Å². The number of carbonyl (C=O) groups is 3. The smallest absolute Gasteiger partial charge is 0.303 e. The van der Waals surface area contributed by atoms with Crippen LogP contribution in [0.25, 0.3) is 0 Å². The Hall–Kier alpha value is -1.59. The summed E-state index contributed by atoms with van der Waals surface area (Å²) in [6.45, 7) is 0. The molecule has 0 aromatic carbocycles. The molecule has 1 atom stereocenters. The lowest BCUT2D eigenvalue weighted by atomic mass is 10.0. The Morgan fingerprint density at radius 2 is 1.89 bits per heavy atom. The number of carboxylic acid groups (broad SMARTS) is 1. The highest BCUT2D eigenvalue weighted by atomic mass is 16.4. The minimum Gasteiger partial charge on any atom is -0.481 e. The Morgan fingerprint density at radius 3 is 2.39 bits per heavy atom. The molecule has 1 aliphatic carbocycles. The van der Waals surface area contributed by atoms with Crippen LogP contribution < -0.4 is 11.1 Å². The molecule has 6 nitrogen and oxygen atoms in total. The fraction of sp³-hybridized carbons (Fsp3) is 0.750. The Morgan fingerprint density at radius 1 is 1.28 bits per heavy atom. The molecule has 2 amide bonds. The van der Waals surface area contributed by atoms with Crippen molar-refractivity contribution in [2.45, 2.75) is 51.0 Å². The third kappa shape index (κ3) is 5.16. The number of nitrogens with one attached hydrogen (secondary N) is 1. The maximum absolute atomic E-state index is 11.7. The summed E-state index contributed by atoms with van der Waals surface area (Å²) in [5.74, 6) is -1.52. The van der Waals surface area contributed by atoms with E-state index in [0.717, 1.165) is 25.7 Å². The highest BCUT2D eigenvalue weighted by molar-refractivity contribution is 5.87. The van der Waals surface area contributed by atoms with E-state index in [4.69, 9.17) is 10.8 Å². The lowest BCUT2D eigenvalue weighted by molar-refractivity contribution is -0.137. The molecule has 0 aromatic heterocycles. The highest BCUT2D eigenvalue weighted by Gasteiger charge is 2.22. The van der Waals surface area contributed by atoms with E-state index in [-0.39, 0.29) is 18.7 Å². The fourth-order valence-corrected chi connectivity index (χ4v) is 2.28. The van der Waals surface area contributed by atoms with Gasteiger partial charge in [0.1, 0.15) is 6.04 Å². The van der Waals surface area contributed by atoms with Gasteiger partial charge in [-0.25, -0.2) is 0 Å². The summed E-state index contributed by atoms with van der Waals surface area (Å²) < 4.78 is 0. The molecule has 1 saturated carbocycles. The molecule has 0 aromatic rings. The first-order valence-electron chi connectivity index (χ1n) is 6.29. The molecule has 4 N–H and O–H groups in total. The van der Waals surface area contributed by atoms with Crippen molar-refractivity contribution in [2.75, 3.05) is 0 Å². The van der Waals surface area contributed by atoms with Crippen LogP contribution in [-0.4, -0.2) is 28.9 Å². The number of nitrogens with two attached hydrogens (primary N) is 1. The SMILES string of the molecule is NC(=O)[C@H](CCC(=O)O)NC(=O)CC1CCCC1. The van der Waals surface area contributed by atoms with Gasteiger partial charge in [0.05, 0.1) is 0 Å². The first kappa shape index (κ1) is 14.5. The molecular formula is C12H20N2O4. The standard InChI is InChI=1S/C12H20N2O4/c13-12(18)9(5-6-11(16)17)14-10(15)7-8-3-1-2-4-8/h8-9H,1-7H2,(H2,13,18)(H,14,15)(H,16,17)/t9-/m0/s1. The van der Waals surface area contributed by atoms with Crippen molar-refractivity contribution in [3.63, 3.8) is 0 Å². The number of rotatable bonds is 7. The van der Waals surface area contributed by atoms with Gasteiger partial charge < -0.3 is 16.2 Å². The van der Waals surface area contributed by atoms with Gasteiger partial charge in [-0.2, -0.15) is 0 Å². The first-order chi connectivity index (χ1) is 8.49. The number of amides is 2. The Balaban J connectivity index is 2.36. The molecule has 1 aliphatic rings. The van der Waals surface area contributed by atoms with Crippen molar-refractivity contribution in [1.82, 2.24) is 5.32 Å². The molecule has 0 spiro atoms. The van der Waals surface area contributed by atoms with Crippen molar-refractivity contribution in [2.24, 2.45) is 11.7 Å². The average Bonchev–Trinajstić information content (AvgIpc) is 2.76. The second-order valence-electron chi connectivity index (χ2n) is 4.81. The monoisotopic (exact) mass is 256 g/mol. The predicted octanol–water partition coefficient (Wildman–Crippen LogP) is 0.402. The summed E-state index contributed by atoms with van der Waals surface area (Å²) in [5.41, 5.74) is 5.13. The van der Waals surface area contributed by atoms with Crippen LogP contribution in [0.1, 0.15) is 44.9 Å². The van der Waals surface area contributed by atoms with Crippen molar-refractivity contribution in [1.29, 1.82) is 0 Å². The van der Waals surface area contributed by atoms with E-state index in [1.54, 1.807) is 0 Å². The Labute approximate surface area is 106 Å². The van der Waals surface area contributed by atoms with E-state index in [9.17, 15) is 14.4 Å². The van der Waals surface area contributed by atoms with Crippen LogP contribution in [0.3, 0.4) is 0 Å². The number of aliphatic carboxylic acids is 1. The number of primary amides is 1. The van der Waals surface area contributed by atoms with Crippen LogP contribution in [0.15, 0.2) is 0 Å². The summed E-state index contributed by atoms with van der Waals surface area (Å²) in [6.07, 6.45) is 4.65. The first-order valence-corrected chi connectivity index (χ1v) is 6.29. The van der Waals surface area contributed by atoms with Gasteiger partial charge in [0.25, 0.3) is 0 Å². The van der Waals surface area contributed by atoms with Crippen LogP contribution in [0.4, 0.5) is 0 Å². The molecular weight excluding hydrogens is 236 g/mol. The summed E-state index contributed by atoms with van der Waals surface area (Å²) in [4.78, 5) is 33.2. The van der Waals surface area contributed by atoms with Crippen molar-refractivity contribution in [3.8, 4) is 0 Å². The molecule has 18 heavy (non-hydrogen) atoms. The van der Waals surface area contributed by atoms with E-state index >= 15 is 0 Å². The van der Waals surface area contributed by atoms with E-state index in [2.05, 4.69) is 5.32 Å². The fourth-order valence-electron chi connectivity index (χ4n) is 2.28.